The first-order valence-electron chi connectivity index (χ1n) is 10.8. The third-order valence-corrected chi connectivity index (χ3v) is 6.10. The fourth-order valence-electron chi connectivity index (χ4n) is 4.38. The summed E-state index contributed by atoms with van der Waals surface area (Å²) in [4.78, 5) is 0. The summed E-state index contributed by atoms with van der Waals surface area (Å²) in [6, 6.07) is 11.5. The van der Waals surface area contributed by atoms with Gasteiger partial charge in [-0.1, -0.05) is 68.0 Å². The van der Waals surface area contributed by atoms with Crippen LogP contribution in [-0.4, -0.2) is 0 Å². The van der Waals surface area contributed by atoms with E-state index in [0.717, 1.165) is 12.0 Å². The maximum Gasteiger partial charge on any atom is 0.343 e. The van der Waals surface area contributed by atoms with Crippen molar-refractivity contribution in [1.82, 2.24) is 0 Å². The highest BCUT2D eigenvalue weighted by Crippen LogP contribution is 2.60. The molecule has 0 heterocycles. The molecule has 33 heavy (non-hydrogen) atoms. The topological polar surface area (TPSA) is 0 Å². The molecule has 0 atom stereocenters. The van der Waals surface area contributed by atoms with Crippen molar-refractivity contribution in [3.05, 3.63) is 95.1 Å². The third kappa shape index (κ3) is 3.56. The van der Waals surface area contributed by atoms with Gasteiger partial charge in [-0.3, -0.25) is 0 Å². The highest BCUT2D eigenvalue weighted by atomic mass is 19.3. The number of fused-ring (bicyclic) bond motifs is 3. The molecule has 1 aliphatic rings. The van der Waals surface area contributed by atoms with Crippen LogP contribution in [0.1, 0.15) is 42.0 Å². The van der Waals surface area contributed by atoms with E-state index in [1.807, 2.05) is 0 Å². The van der Waals surface area contributed by atoms with E-state index in [2.05, 4.69) is 6.58 Å². The molecular formula is C27H22F6. The Balaban J connectivity index is 1.90. The minimum Gasteiger partial charge on any atom is -0.206 e. The van der Waals surface area contributed by atoms with Crippen LogP contribution in [0.4, 0.5) is 26.3 Å². The summed E-state index contributed by atoms with van der Waals surface area (Å²) in [5.41, 5.74) is -2.67. The second kappa shape index (κ2) is 8.40. The molecule has 0 saturated carbocycles. The van der Waals surface area contributed by atoms with Gasteiger partial charge in [0.15, 0.2) is 0 Å². The minimum absolute atomic E-state index is 0.0659. The molecule has 172 valence electrons. The largest absolute Gasteiger partial charge is 0.343 e. The zero-order valence-corrected chi connectivity index (χ0v) is 18.0. The van der Waals surface area contributed by atoms with Gasteiger partial charge in [-0.15, -0.1) is 6.58 Å². The maximum absolute atomic E-state index is 15.5. The SMILES string of the molecule is C=CCCc1ccc(-c2ccc3c(c2F)C(F)(F)C(F)(F)c2c-3ccc(CCC)c2F)cc1. The summed E-state index contributed by atoms with van der Waals surface area (Å²) in [5, 5.41) is 0. The van der Waals surface area contributed by atoms with E-state index < -0.39 is 45.7 Å². The summed E-state index contributed by atoms with van der Waals surface area (Å²) in [6.45, 7) is 5.37. The van der Waals surface area contributed by atoms with Crippen molar-refractivity contribution in [3.63, 3.8) is 0 Å². The van der Waals surface area contributed by atoms with Crippen molar-refractivity contribution < 1.29 is 26.3 Å². The number of alkyl halides is 4. The van der Waals surface area contributed by atoms with Gasteiger partial charge in [0.05, 0.1) is 11.1 Å². The number of rotatable bonds is 6. The molecule has 4 rings (SSSR count). The minimum atomic E-state index is -4.93. The fraction of sp³-hybridized carbons (Fsp3) is 0.259. The molecular weight excluding hydrogens is 438 g/mol. The summed E-state index contributed by atoms with van der Waals surface area (Å²) in [6.07, 6.45) is 3.79. The van der Waals surface area contributed by atoms with Gasteiger partial charge >= 0.3 is 11.8 Å². The number of aryl methyl sites for hydroxylation is 2. The molecule has 0 radical (unpaired) electrons. The van der Waals surface area contributed by atoms with E-state index in [1.165, 1.54) is 24.3 Å². The van der Waals surface area contributed by atoms with Crippen LogP contribution in [0.3, 0.4) is 0 Å². The van der Waals surface area contributed by atoms with Crippen molar-refractivity contribution >= 4 is 0 Å². The van der Waals surface area contributed by atoms with Gasteiger partial charge < -0.3 is 0 Å². The molecule has 0 unspecified atom stereocenters. The first-order chi connectivity index (χ1) is 15.6. The van der Waals surface area contributed by atoms with Gasteiger partial charge in [0.1, 0.15) is 11.6 Å². The Hall–Kier alpha value is -3.02. The Morgan fingerprint density at radius 3 is 1.85 bits per heavy atom. The monoisotopic (exact) mass is 460 g/mol. The first-order valence-corrected chi connectivity index (χ1v) is 10.8. The Labute approximate surface area is 188 Å². The van der Waals surface area contributed by atoms with E-state index in [1.54, 1.807) is 37.3 Å². The Morgan fingerprint density at radius 2 is 1.27 bits per heavy atom. The van der Waals surface area contributed by atoms with Crippen LogP contribution in [0, 0.1) is 11.6 Å². The standard InChI is InChI=1S/C27H22F6/c1-3-5-7-16-8-10-17(11-9-16)19-14-15-21-20-13-12-18(6-4-2)24(28)22(20)26(30,31)27(32,33)23(21)25(19)29/h3,8-15H,1,4-7H2,2H3. The van der Waals surface area contributed by atoms with Crippen molar-refractivity contribution in [2.75, 3.05) is 0 Å². The van der Waals surface area contributed by atoms with Gasteiger partial charge in [0, 0.05) is 5.56 Å². The molecule has 6 heteroatoms. The van der Waals surface area contributed by atoms with E-state index in [0.29, 0.717) is 12.8 Å². The fourth-order valence-corrected chi connectivity index (χ4v) is 4.38. The average molecular weight is 460 g/mol. The quantitative estimate of drug-likeness (QED) is 0.255. The second-order valence-electron chi connectivity index (χ2n) is 8.23. The van der Waals surface area contributed by atoms with Crippen molar-refractivity contribution in [1.29, 1.82) is 0 Å². The summed E-state index contributed by atoms with van der Waals surface area (Å²) in [5.74, 6) is -12.6. The lowest BCUT2D eigenvalue weighted by atomic mass is 9.78. The second-order valence-corrected chi connectivity index (χ2v) is 8.23. The Kier molecular flexibility index (Phi) is 5.89. The summed E-state index contributed by atoms with van der Waals surface area (Å²) in [7, 11) is 0. The lowest BCUT2D eigenvalue weighted by Gasteiger charge is -2.36. The molecule has 3 aromatic carbocycles. The zero-order valence-electron chi connectivity index (χ0n) is 18.0. The van der Waals surface area contributed by atoms with E-state index >= 15 is 22.0 Å². The number of benzene rings is 3. The molecule has 0 spiro atoms. The molecule has 1 aliphatic carbocycles. The van der Waals surface area contributed by atoms with Gasteiger partial charge in [0.25, 0.3) is 0 Å². The van der Waals surface area contributed by atoms with Crippen LogP contribution in [0.5, 0.6) is 0 Å². The van der Waals surface area contributed by atoms with Crippen LogP contribution >= 0.6 is 0 Å². The van der Waals surface area contributed by atoms with Gasteiger partial charge in [-0.2, -0.15) is 17.6 Å². The lowest BCUT2D eigenvalue weighted by Crippen LogP contribution is -2.41. The average Bonchev–Trinajstić information content (AvgIpc) is 2.78. The van der Waals surface area contributed by atoms with Crippen molar-refractivity contribution in [3.8, 4) is 22.3 Å². The lowest BCUT2D eigenvalue weighted by molar-refractivity contribution is -0.227. The Morgan fingerprint density at radius 1 is 0.727 bits per heavy atom. The number of allylic oxidation sites excluding steroid dienone is 1. The van der Waals surface area contributed by atoms with Gasteiger partial charge in [-0.25, -0.2) is 8.78 Å². The number of hydrogen-bond acceptors (Lipinski definition) is 0. The molecule has 0 aliphatic heterocycles. The predicted molar refractivity (Wildman–Crippen MR) is 118 cm³/mol. The Bertz CT molecular complexity index is 1210. The van der Waals surface area contributed by atoms with E-state index in [-0.39, 0.29) is 23.1 Å². The molecule has 0 bridgehead atoms. The van der Waals surface area contributed by atoms with Crippen molar-refractivity contribution in [2.45, 2.75) is 44.5 Å². The molecule has 3 aromatic rings. The first kappa shape index (κ1) is 23.1. The normalized spacial score (nSPS) is 15.6. The van der Waals surface area contributed by atoms with Crippen LogP contribution in [0.15, 0.2) is 61.2 Å². The van der Waals surface area contributed by atoms with E-state index in [9.17, 15) is 4.39 Å². The third-order valence-electron chi connectivity index (χ3n) is 6.10. The summed E-state index contributed by atoms with van der Waals surface area (Å²) >= 11 is 0. The molecule has 0 saturated heterocycles. The van der Waals surface area contributed by atoms with Crippen LogP contribution in [0.25, 0.3) is 22.3 Å². The smallest absolute Gasteiger partial charge is 0.206 e. The molecule has 0 amide bonds. The molecule has 0 fully saturated rings. The number of halogens is 6. The molecule has 0 nitrogen and oxygen atoms in total. The predicted octanol–water partition coefficient (Wildman–Crippen LogP) is 8.57. The highest BCUT2D eigenvalue weighted by molar-refractivity contribution is 5.80. The van der Waals surface area contributed by atoms with Crippen LogP contribution in [0.2, 0.25) is 0 Å². The zero-order chi connectivity index (χ0) is 24.0. The van der Waals surface area contributed by atoms with Gasteiger partial charge in [-0.05, 0) is 47.1 Å². The van der Waals surface area contributed by atoms with Crippen LogP contribution < -0.4 is 0 Å². The molecule has 0 N–H and O–H groups in total. The number of hydrogen-bond donors (Lipinski definition) is 0. The molecule has 0 aromatic heterocycles. The van der Waals surface area contributed by atoms with Crippen molar-refractivity contribution in [2.24, 2.45) is 0 Å². The van der Waals surface area contributed by atoms with Gasteiger partial charge in [0.2, 0.25) is 0 Å². The maximum atomic E-state index is 15.5. The van der Waals surface area contributed by atoms with E-state index in [4.69, 9.17) is 0 Å². The summed E-state index contributed by atoms with van der Waals surface area (Å²) < 4.78 is 90.8. The highest BCUT2D eigenvalue weighted by Gasteiger charge is 2.65. The van der Waals surface area contributed by atoms with Crippen LogP contribution in [-0.2, 0) is 24.7 Å².